The van der Waals surface area contributed by atoms with Gasteiger partial charge in [0.25, 0.3) is 0 Å². The number of fused-ring (bicyclic) bond motifs is 1. The summed E-state index contributed by atoms with van der Waals surface area (Å²) >= 11 is 0. The lowest BCUT2D eigenvalue weighted by Crippen LogP contribution is -2.15. The van der Waals surface area contributed by atoms with Gasteiger partial charge in [0, 0.05) is 6.54 Å². The molecule has 0 aliphatic heterocycles. The molecule has 0 aliphatic rings. The maximum Gasteiger partial charge on any atom is 0.0906 e. The molecule has 0 atom stereocenters. The molecule has 0 spiro atoms. The Hall–Kier alpha value is -1.41. The van der Waals surface area contributed by atoms with Gasteiger partial charge in [-0.3, -0.25) is 4.39 Å². The first-order valence-corrected chi connectivity index (χ1v) is 5.65. The smallest absolute Gasteiger partial charge is 0.0906 e. The van der Waals surface area contributed by atoms with E-state index in [9.17, 15) is 4.39 Å². The SMILES string of the molecule is FCCCNCc1cccc2ccccc12. The number of benzene rings is 2. The molecule has 2 aromatic carbocycles. The molecule has 0 radical (unpaired) electrons. The molecule has 1 N–H and O–H groups in total. The van der Waals surface area contributed by atoms with E-state index in [1.54, 1.807) is 0 Å². The summed E-state index contributed by atoms with van der Waals surface area (Å²) in [6.45, 7) is 1.30. The molecule has 2 heteroatoms. The van der Waals surface area contributed by atoms with Crippen molar-refractivity contribution >= 4 is 10.8 Å². The lowest BCUT2D eigenvalue weighted by molar-refractivity contribution is 0.459. The van der Waals surface area contributed by atoms with Crippen LogP contribution in [0.5, 0.6) is 0 Å². The molecule has 0 aliphatic carbocycles. The lowest BCUT2D eigenvalue weighted by Gasteiger charge is -2.07. The van der Waals surface area contributed by atoms with E-state index in [-0.39, 0.29) is 6.67 Å². The molecule has 0 amide bonds. The second-order valence-electron chi connectivity index (χ2n) is 3.86. The van der Waals surface area contributed by atoms with E-state index in [4.69, 9.17) is 0 Å². The summed E-state index contributed by atoms with van der Waals surface area (Å²) in [5.41, 5.74) is 1.27. The largest absolute Gasteiger partial charge is 0.313 e. The summed E-state index contributed by atoms with van der Waals surface area (Å²) < 4.78 is 11.9. The third-order valence-electron chi connectivity index (χ3n) is 2.68. The quantitative estimate of drug-likeness (QED) is 0.758. The average Bonchev–Trinajstić information content (AvgIpc) is 2.35. The summed E-state index contributed by atoms with van der Waals surface area (Å²) in [7, 11) is 0. The Morgan fingerprint density at radius 2 is 1.81 bits per heavy atom. The van der Waals surface area contributed by atoms with Gasteiger partial charge in [-0.15, -0.1) is 0 Å². The third-order valence-corrected chi connectivity index (χ3v) is 2.68. The minimum Gasteiger partial charge on any atom is -0.313 e. The van der Waals surface area contributed by atoms with Crippen LogP contribution in [-0.2, 0) is 6.54 Å². The van der Waals surface area contributed by atoms with Crippen molar-refractivity contribution in [1.82, 2.24) is 5.32 Å². The van der Waals surface area contributed by atoms with Crippen molar-refractivity contribution in [3.63, 3.8) is 0 Å². The molecule has 0 heterocycles. The number of rotatable bonds is 5. The van der Waals surface area contributed by atoms with Gasteiger partial charge < -0.3 is 5.32 Å². The maximum absolute atomic E-state index is 11.9. The van der Waals surface area contributed by atoms with Gasteiger partial charge in [-0.1, -0.05) is 42.5 Å². The highest BCUT2D eigenvalue weighted by Gasteiger charge is 1.98. The topological polar surface area (TPSA) is 12.0 Å². The molecule has 84 valence electrons. The first-order chi connectivity index (χ1) is 7.92. The number of halogens is 1. The van der Waals surface area contributed by atoms with Gasteiger partial charge in [0.2, 0.25) is 0 Å². The van der Waals surface area contributed by atoms with Gasteiger partial charge in [0.15, 0.2) is 0 Å². The predicted octanol–water partition coefficient (Wildman–Crippen LogP) is 3.29. The van der Waals surface area contributed by atoms with Gasteiger partial charge >= 0.3 is 0 Å². The Morgan fingerprint density at radius 3 is 2.69 bits per heavy atom. The molecule has 0 saturated carbocycles. The van der Waals surface area contributed by atoms with Gasteiger partial charge in [0.1, 0.15) is 0 Å². The fourth-order valence-corrected chi connectivity index (χ4v) is 1.86. The molecular formula is C14H16FN. The van der Waals surface area contributed by atoms with Crippen LogP contribution in [-0.4, -0.2) is 13.2 Å². The zero-order valence-corrected chi connectivity index (χ0v) is 9.25. The minimum absolute atomic E-state index is 0.247. The highest BCUT2D eigenvalue weighted by Crippen LogP contribution is 2.17. The van der Waals surface area contributed by atoms with E-state index in [0.29, 0.717) is 6.42 Å². The molecule has 0 fully saturated rings. The third kappa shape index (κ3) is 2.58. The summed E-state index contributed by atoms with van der Waals surface area (Å²) in [5, 5.41) is 5.79. The van der Waals surface area contributed by atoms with Crippen molar-refractivity contribution < 1.29 is 4.39 Å². The maximum atomic E-state index is 11.9. The zero-order valence-electron chi connectivity index (χ0n) is 9.25. The van der Waals surface area contributed by atoms with Crippen molar-refractivity contribution in [2.75, 3.05) is 13.2 Å². The second kappa shape index (κ2) is 5.61. The fourth-order valence-electron chi connectivity index (χ4n) is 1.86. The van der Waals surface area contributed by atoms with Crippen molar-refractivity contribution in [1.29, 1.82) is 0 Å². The van der Waals surface area contributed by atoms with Crippen molar-refractivity contribution in [3.05, 3.63) is 48.0 Å². The first-order valence-electron chi connectivity index (χ1n) is 5.65. The van der Waals surface area contributed by atoms with Crippen LogP contribution in [0, 0.1) is 0 Å². The van der Waals surface area contributed by atoms with Gasteiger partial charge in [0.05, 0.1) is 6.67 Å². The van der Waals surface area contributed by atoms with Crippen LogP contribution >= 0.6 is 0 Å². The first kappa shape index (κ1) is 11.1. The van der Waals surface area contributed by atoms with Crippen LogP contribution in [0.25, 0.3) is 10.8 Å². The van der Waals surface area contributed by atoms with Crippen molar-refractivity contribution in [2.24, 2.45) is 0 Å². The fraction of sp³-hybridized carbons (Fsp3) is 0.286. The Bertz CT molecular complexity index is 448. The normalized spacial score (nSPS) is 10.8. The molecule has 0 saturated heterocycles. The Balaban J connectivity index is 2.11. The van der Waals surface area contributed by atoms with E-state index < -0.39 is 0 Å². The van der Waals surface area contributed by atoms with Crippen molar-refractivity contribution in [2.45, 2.75) is 13.0 Å². The van der Waals surface area contributed by atoms with E-state index >= 15 is 0 Å². The predicted molar refractivity (Wildman–Crippen MR) is 66.2 cm³/mol. The Kier molecular flexibility index (Phi) is 3.89. The Morgan fingerprint density at radius 1 is 1.00 bits per heavy atom. The number of alkyl halides is 1. The number of hydrogen-bond acceptors (Lipinski definition) is 1. The summed E-state index contributed by atoms with van der Waals surface area (Å²) in [6, 6.07) is 14.6. The van der Waals surface area contributed by atoms with E-state index in [1.165, 1.54) is 16.3 Å². The molecule has 16 heavy (non-hydrogen) atoms. The van der Waals surface area contributed by atoms with Gasteiger partial charge in [-0.05, 0) is 29.3 Å². The van der Waals surface area contributed by atoms with E-state index in [0.717, 1.165) is 13.1 Å². The van der Waals surface area contributed by atoms with Crippen molar-refractivity contribution in [3.8, 4) is 0 Å². The molecule has 1 nitrogen and oxygen atoms in total. The highest BCUT2D eigenvalue weighted by atomic mass is 19.1. The zero-order chi connectivity index (χ0) is 11.2. The molecule has 0 aromatic heterocycles. The molecule has 2 rings (SSSR count). The van der Waals surface area contributed by atoms with Crippen LogP contribution < -0.4 is 5.32 Å². The summed E-state index contributed by atoms with van der Waals surface area (Å²) in [6.07, 6.45) is 0.588. The molecule has 0 unspecified atom stereocenters. The molecule has 0 bridgehead atoms. The Labute approximate surface area is 95.3 Å². The summed E-state index contributed by atoms with van der Waals surface area (Å²) in [4.78, 5) is 0. The van der Waals surface area contributed by atoms with E-state index in [1.807, 2.05) is 12.1 Å². The average molecular weight is 217 g/mol. The number of hydrogen-bond donors (Lipinski definition) is 1. The van der Waals surface area contributed by atoms with Crippen LogP contribution in [0.15, 0.2) is 42.5 Å². The molecule has 2 aromatic rings. The monoisotopic (exact) mass is 217 g/mol. The van der Waals surface area contributed by atoms with Gasteiger partial charge in [-0.25, -0.2) is 0 Å². The van der Waals surface area contributed by atoms with Crippen LogP contribution in [0.1, 0.15) is 12.0 Å². The molecular weight excluding hydrogens is 201 g/mol. The summed E-state index contributed by atoms with van der Waals surface area (Å²) in [5.74, 6) is 0. The van der Waals surface area contributed by atoms with Crippen LogP contribution in [0.3, 0.4) is 0 Å². The number of nitrogens with one attached hydrogen (secondary N) is 1. The standard InChI is InChI=1S/C14H16FN/c15-9-4-10-16-11-13-7-3-6-12-5-1-2-8-14(12)13/h1-3,5-8,16H,4,9-11H2. The highest BCUT2D eigenvalue weighted by molar-refractivity contribution is 5.85. The minimum atomic E-state index is -0.247. The van der Waals surface area contributed by atoms with Crippen LogP contribution in [0.4, 0.5) is 4.39 Å². The van der Waals surface area contributed by atoms with Gasteiger partial charge in [-0.2, -0.15) is 0 Å². The van der Waals surface area contributed by atoms with E-state index in [2.05, 4.69) is 35.6 Å². The second-order valence-corrected chi connectivity index (χ2v) is 3.86. The lowest BCUT2D eigenvalue weighted by atomic mass is 10.0. The van der Waals surface area contributed by atoms with Crippen LogP contribution in [0.2, 0.25) is 0 Å².